The molecule has 2 rings (SSSR count). The van der Waals surface area contributed by atoms with Crippen molar-refractivity contribution in [3.8, 4) is 11.6 Å². The first-order valence-corrected chi connectivity index (χ1v) is 8.00. The van der Waals surface area contributed by atoms with Crippen molar-refractivity contribution >= 4 is 23.7 Å². The number of nitrogens with two attached hydrogens (primary N) is 1. The molecule has 0 radical (unpaired) electrons. The van der Waals surface area contributed by atoms with Crippen molar-refractivity contribution in [3.63, 3.8) is 0 Å². The van der Waals surface area contributed by atoms with E-state index in [2.05, 4.69) is 29.4 Å². The first-order valence-electron chi connectivity index (χ1n) is 7.12. The summed E-state index contributed by atoms with van der Waals surface area (Å²) in [5.74, 6) is 1.10. The normalized spacial score (nSPS) is 12.3. The van der Waals surface area contributed by atoms with Crippen molar-refractivity contribution < 1.29 is 14.0 Å². The highest BCUT2D eigenvalue weighted by Gasteiger charge is 2.22. The molecule has 9 heteroatoms. The molecule has 0 aromatic carbocycles. The molecule has 0 aliphatic heterocycles. The minimum Gasteiger partial charge on any atom is -0.461 e. The summed E-state index contributed by atoms with van der Waals surface area (Å²) in [5.41, 5.74) is 4.96. The van der Waals surface area contributed by atoms with E-state index >= 15 is 0 Å². The number of urea groups is 1. The Morgan fingerprint density at radius 2 is 2.13 bits per heavy atom. The summed E-state index contributed by atoms with van der Waals surface area (Å²) in [7, 11) is 0. The molecule has 2 aromatic heterocycles. The van der Waals surface area contributed by atoms with Gasteiger partial charge in [-0.1, -0.05) is 25.6 Å². The number of nitrogens with zero attached hydrogens (tertiary/aromatic N) is 3. The van der Waals surface area contributed by atoms with Crippen LogP contribution in [0.2, 0.25) is 0 Å². The lowest BCUT2D eigenvalue weighted by Gasteiger charge is -2.13. The Morgan fingerprint density at radius 1 is 1.39 bits per heavy atom. The maximum atomic E-state index is 11.8. The van der Waals surface area contributed by atoms with Gasteiger partial charge in [-0.25, -0.2) is 4.79 Å². The van der Waals surface area contributed by atoms with Gasteiger partial charge in [-0.15, -0.1) is 10.2 Å². The van der Waals surface area contributed by atoms with Crippen LogP contribution in [0.5, 0.6) is 0 Å². The predicted molar refractivity (Wildman–Crippen MR) is 85.6 cm³/mol. The summed E-state index contributed by atoms with van der Waals surface area (Å²) >= 11 is 1.21. The summed E-state index contributed by atoms with van der Waals surface area (Å²) in [4.78, 5) is 22.6. The number of aromatic nitrogens is 3. The molecular formula is C14H19N5O3S. The average molecular weight is 337 g/mol. The molecule has 124 valence electrons. The van der Waals surface area contributed by atoms with Gasteiger partial charge in [-0.3, -0.25) is 14.7 Å². The second-order valence-corrected chi connectivity index (χ2v) is 6.71. The van der Waals surface area contributed by atoms with Crippen molar-refractivity contribution in [2.45, 2.75) is 37.7 Å². The van der Waals surface area contributed by atoms with Crippen molar-refractivity contribution in [3.05, 3.63) is 18.4 Å². The lowest BCUT2D eigenvalue weighted by molar-refractivity contribution is -0.119. The van der Waals surface area contributed by atoms with E-state index in [1.54, 1.807) is 25.3 Å². The number of furan rings is 1. The number of amides is 3. The van der Waals surface area contributed by atoms with E-state index in [-0.39, 0.29) is 0 Å². The number of carbonyl (C=O) groups excluding carboxylic acids is 2. The van der Waals surface area contributed by atoms with E-state index in [0.29, 0.717) is 29.2 Å². The molecule has 0 bridgehead atoms. The molecule has 0 spiro atoms. The Morgan fingerprint density at radius 3 is 2.70 bits per heavy atom. The molecule has 0 aliphatic carbocycles. The zero-order valence-corrected chi connectivity index (χ0v) is 14.0. The highest BCUT2D eigenvalue weighted by molar-refractivity contribution is 8.00. The van der Waals surface area contributed by atoms with Gasteiger partial charge in [0.1, 0.15) is 0 Å². The molecule has 2 aromatic rings. The highest BCUT2D eigenvalue weighted by Crippen LogP contribution is 2.28. The fourth-order valence-corrected chi connectivity index (χ4v) is 2.79. The van der Waals surface area contributed by atoms with Crippen LogP contribution in [0.25, 0.3) is 11.6 Å². The molecule has 1 unspecified atom stereocenters. The van der Waals surface area contributed by atoms with Gasteiger partial charge in [0.05, 0.1) is 11.5 Å². The Kier molecular flexibility index (Phi) is 5.43. The van der Waals surface area contributed by atoms with Gasteiger partial charge in [0.25, 0.3) is 0 Å². The summed E-state index contributed by atoms with van der Waals surface area (Å²) < 4.78 is 7.29. The third-order valence-electron chi connectivity index (χ3n) is 2.90. The Hall–Kier alpha value is -2.29. The van der Waals surface area contributed by atoms with Crippen LogP contribution in [0.1, 0.15) is 20.8 Å². The number of rotatable bonds is 6. The average Bonchev–Trinajstić information content (AvgIpc) is 3.08. The molecule has 3 amide bonds. The van der Waals surface area contributed by atoms with Gasteiger partial charge in [0.2, 0.25) is 5.91 Å². The fraction of sp³-hybridized carbons (Fsp3) is 0.429. The second kappa shape index (κ2) is 7.32. The molecule has 0 saturated heterocycles. The number of imide groups is 1. The number of carbonyl (C=O) groups is 2. The zero-order chi connectivity index (χ0) is 17.0. The number of hydrogen-bond acceptors (Lipinski definition) is 6. The SMILES string of the molecule is CC(C)Cn1c(SC(C)C(=O)NC(N)=O)nnc1-c1ccco1. The molecule has 23 heavy (non-hydrogen) atoms. The largest absolute Gasteiger partial charge is 0.461 e. The van der Waals surface area contributed by atoms with Crippen molar-refractivity contribution in [1.29, 1.82) is 0 Å². The van der Waals surface area contributed by atoms with E-state index in [9.17, 15) is 9.59 Å². The van der Waals surface area contributed by atoms with Gasteiger partial charge in [-0.05, 0) is 25.0 Å². The van der Waals surface area contributed by atoms with Crippen molar-refractivity contribution in [2.75, 3.05) is 0 Å². The van der Waals surface area contributed by atoms with Gasteiger partial charge in [0, 0.05) is 6.54 Å². The standard InChI is InChI=1S/C14H19N5O3S/c1-8(2)7-19-11(10-5-4-6-22-10)17-18-14(19)23-9(3)12(20)16-13(15)21/h4-6,8-9H,7H2,1-3H3,(H3,15,16,20,21). The molecule has 3 N–H and O–H groups in total. The lowest BCUT2D eigenvalue weighted by atomic mass is 10.2. The number of thioether (sulfide) groups is 1. The van der Waals surface area contributed by atoms with Gasteiger partial charge >= 0.3 is 6.03 Å². The summed E-state index contributed by atoms with van der Waals surface area (Å²) in [6.45, 7) is 6.49. The van der Waals surface area contributed by atoms with Gasteiger partial charge < -0.3 is 10.2 Å². The van der Waals surface area contributed by atoms with Crippen LogP contribution in [0.3, 0.4) is 0 Å². The molecule has 8 nitrogen and oxygen atoms in total. The molecular weight excluding hydrogens is 318 g/mol. The third-order valence-corrected chi connectivity index (χ3v) is 3.98. The monoisotopic (exact) mass is 337 g/mol. The summed E-state index contributed by atoms with van der Waals surface area (Å²) in [6.07, 6.45) is 1.57. The van der Waals surface area contributed by atoms with E-state index in [0.717, 1.165) is 0 Å². The molecule has 0 aliphatic rings. The van der Waals surface area contributed by atoms with E-state index < -0.39 is 17.2 Å². The minimum absolute atomic E-state index is 0.355. The molecule has 1 atom stereocenters. The van der Waals surface area contributed by atoms with Gasteiger partial charge in [0.15, 0.2) is 16.7 Å². The summed E-state index contributed by atoms with van der Waals surface area (Å²) in [5, 5.41) is 10.4. The first kappa shape index (κ1) is 17.1. The van der Waals surface area contributed by atoms with Crippen molar-refractivity contribution in [2.24, 2.45) is 11.7 Å². The first-order chi connectivity index (χ1) is 10.9. The van der Waals surface area contributed by atoms with E-state index in [4.69, 9.17) is 10.2 Å². The quantitative estimate of drug-likeness (QED) is 0.777. The maximum absolute atomic E-state index is 11.8. The smallest absolute Gasteiger partial charge is 0.318 e. The van der Waals surface area contributed by atoms with Crippen LogP contribution in [-0.4, -0.2) is 32.0 Å². The van der Waals surface area contributed by atoms with Crippen LogP contribution in [0.15, 0.2) is 28.0 Å². The van der Waals surface area contributed by atoms with Gasteiger partial charge in [-0.2, -0.15) is 0 Å². The second-order valence-electron chi connectivity index (χ2n) is 5.40. The fourth-order valence-electron chi connectivity index (χ4n) is 1.93. The molecule has 2 heterocycles. The topological polar surface area (TPSA) is 116 Å². The number of primary amides is 1. The van der Waals surface area contributed by atoms with Crippen LogP contribution < -0.4 is 11.1 Å². The number of nitrogens with one attached hydrogen (secondary N) is 1. The Bertz CT molecular complexity index is 681. The van der Waals surface area contributed by atoms with Crippen LogP contribution in [-0.2, 0) is 11.3 Å². The van der Waals surface area contributed by atoms with E-state index in [1.165, 1.54) is 11.8 Å². The predicted octanol–water partition coefficient (Wildman–Crippen LogP) is 1.87. The number of hydrogen-bond donors (Lipinski definition) is 2. The molecule has 0 saturated carbocycles. The highest BCUT2D eigenvalue weighted by atomic mass is 32.2. The van der Waals surface area contributed by atoms with Crippen molar-refractivity contribution in [1.82, 2.24) is 20.1 Å². The van der Waals surface area contributed by atoms with Crippen LogP contribution >= 0.6 is 11.8 Å². The van der Waals surface area contributed by atoms with E-state index in [1.807, 2.05) is 4.57 Å². The Labute approximate surface area is 137 Å². The third kappa shape index (κ3) is 4.35. The minimum atomic E-state index is -0.873. The molecule has 0 fully saturated rings. The van der Waals surface area contributed by atoms with Crippen LogP contribution in [0.4, 0.5) is 4.79 Å². The maximum Gasteiger partial charge on any atom is 0.318 e. The lowest BCUT2D eigenvalue weighted by Crippen LogP contribution is -2.39. The Balaban J connectivity index is 2.24. The van der Waals surface area contributed by atoms with Crippen LogP contribution in [0, 0.1) is 5.92 Å². The summed E-state index contributed by atoms with van der Waals surface area (Å²) in [6, 6.07) is 2.71. The zero-order valence-electron chi connectivity index (χ0n) is 13.1.